The molecule has 184 valence electrons. The molecule has 4 nitrogen and oxygen atoms in total. The lowest BCUT2D eigenvalue weighted by Gasteiger charge is -2.36. The fourth-order valence-electron chi connectivity index (χ4n) is 6.05. The maximum absolute atomic E-state index is 11.7. The van der Waals surface area contributed by atoms with E-state index in [1.54, 1.807) is 7.11 Å². The molecule has 1 saturated carbocycles. The first kappa shape index (κ1) is 23.9. The van der Waals surface area contributed by atoms with Crippen molar-refractivity contribution in [1.82, 2.24) is 4.90 Å². The molecule has 5 rings (SSSR count). The van der Waals surface area contributed by atoms with E-state index < -0.39 is 6.10 Å². The zero-order chi connectivity index (χ0) is 24.3. The minimum absolute atomic E-state index is 0.151. The summed E-state index contributed by atoms with van der Waals surface area (Å²) in [5.74, 6) is 1.76. The number of hydrogen-bond acceptors (Lipinski definition) is 4. The van der Waals surface area contributed by atoms with Gasteiger partial charge in [0, 0.05) is 31.0 Å². The van der Waals surface area contributed by atoms with E-state index in [9.17, 15) is 5.11 Å². The number of hydrogen-bond donors (Lipinski definition) is 1. The average molecular weight is 472 g/mol. The Balaban J connectivity index is 1.48. The van der Waals surface area contributed by atoms with E-state index in [-0.39, 0.29) is 17.4 Å². The van der Waals surface area contributed by atoms with Crippen LogP contribution in [0.25, 0.3) is 0 Å². The molecule has 3 aromatic rings. The van der Waals surface area contributed by atoms with Crippen molar-refractivity contribution in [3.8, 4) is 11.5 Å². The van der Waals surface area contributed by atoms with Crippen LogP contribution in [0.5, 0.6) is 11.5 Å². The van der Waals surface area contributed by atoms with E-state index in [1.165, 1.54) is 24.0 Å². The van der Waals surface area contributed by atoms with Gasteiger partial charge in [-0.25, -0.2) is 0 Å². The van der Waals surface area contributed by atoms with Crippen molar-refractivity contribution in [2.24, 2.45) is 5.41 Å². The highest BCUT2D eigenvalue weighted by molar-refractivity contribution is 5.45. The van der Waals surface area contributed by atoms with Gasteiger partial charge in [-0.05, 0) is 54.5 Å². The van der Waals surface area contributed by atoms with E-state index in [0.29, 0.717) is 0 Å². The van der Waals surface area contributed by atoms with Gasteiger partial charge < -0.3 is 14.6 Å². The van der Waals surface area contributed by atoms with Gasteiger partial charge in [0.05, 0.1) is 19.3 Å². The van der Waals surface area contributed by atoms with Gasteiger partial charge in [-0.2, -0.15) is 0 Å². The van der Waals surface area contributed by atoms with Crippen molar-refractivity contribution in [1.29, 1.82) is 0 Å². The van der Waals surface area contributed by atoms with E-state index in [4.69, 9.17) is 9.47 Å². The molecular weight excluding hydrogens is 434 g/mol. The standard InChI is InChI=1S/C31H37NO3/c1-31(30(33)24-13-7-4-8-14-24)22-32(20-23-11-5-3-6-12-23)21-27(31)25-17-18-28(34-2)29(19-25)35-26-15-9-10-16-26/h3-8,11-14,17-19,26-27,30,33H,9-10,15-16,20-22H2,1-2H3. The third-order valence-electron chi connectivity index (χ3n) is 7.98. The molecule has 1 aliphatic heterocycles. The summed E-state index contributed by atoms with van der Waals surface area (Å²) in [5, 5.41) is 11.7. The quantitative estimate of drug-likeness (QED) is 0.415. The van der Waals surface area contributed by atoms with Crippen LogP contribution in [-0.2, 0) is 6.54 Å². The van der Waals surface area contributed by atoms with Crippen LogP contribution in [0.3, 0.4) is 0 Å². The largest absolute Gasteiger partial charge is 0.493 e. The van der Waals surface area contributed by atoms with Crippen LogP contribution >= 0.6 is 0 Å². The van der Waals surface area contributed by atoms with Crippen molar-refractivity contribution in [2.45, 2.75) is 57.3 Å². The predicted molar refractivity (Wildman–Crippen MR) is 140 cm³/mol. The highest BCUT2D eigenvalue weighted by Crippen LogP contribution is 2.52. The molecular formula is C31H37NO3. The summed E-state index contributed by atoms with van der Waals surface area (Å²) < 4.78 is 12.1. The van der Waals surface area contributed by atoms with E-state index in [0.717, 1.165) is 49.5 Å². The van der Waals surface area contributed by atoms with Crippen LogP contribution in [0, 0.1) is 5.41 Å². The van der Waals surface area contributed by atoms with Crippen LogP contribution in [0.4, 0.5) is 0 Å². The van der Waals surface area contributed by atoms with Gasteiger partial charge in [0.25, 0.3) is 0 Å². The maximum atomic E-state index is 11.7. The molecule has 2 aliphatic rings. The molecule has 2 fully saturated rings. The lowest BCUT2D eigenvalue weighted by Crippen LogP contribution is -2.33. The summed E-state index contributed by atoms with van der Waals surface area (Å²) in [7, 11) is 1.71. The fourth-order valence-corrected chi connectivity index (χ4v) is 6.05. The van der Waals surface area contributed by atoms with Crippen LogP contribution in [0.15, 0.2) is 78.9 Å². The number of ether oxygens (including phenoxy) is 2. The lowest BCUT2D eigenvalue weighted by molar-refractivity contribution is 0.0312. The fraction of sp³-hybridized carbons (Fsp3) is 0.419. The van der Waals surface area contributed by atoms with Crippen molar-refractivity contribution >= 4 is 0 Å². The van der Waals surface area contributed by atoms with Crippen molar-refractivity contribution in [3.05, 3.63) is 95.6 Å². The molecule has 35 heavy (non-hydrogen) atoms. The van der Waals surface area contributed by atoms with Gasteiger partial charge in [0.1, 0.15) is 0 Å². The van der Waals surface area contributed by atoms with Gasteiger partial charge in [-0.1, -0.05) is 73.7 Å². The van der Waals surface area contributed by atoms with Crippen LogP contribution in [-0.4, -0.2) is 36.3 Å². The summed E-state index contributed by atoms with van der Waals surface area (Å²) in [6, 6.07) is 27.1. The first-order valence-corrected chi connectivity index (χ1v) is 12.9. The molecule has 1 aliphatic carbocycles. The first-order valence-electron chi connectivity index (χ1n) is 12.9. The molecule has 1 N–H and O–H groups in total. The summed E-state index contributed by atoms with van der Waals surface area (Å²) in [5.41, 5.74) is 3.11. The Morgan fingerprint density at radius 3 is 2.31 bits per heavy atom. The number of aliphatic hydroxyl groups excluding tert-OH is 1. The minimum Gasteiger partial charge on any atom is -0.493 e. The summed E-state index contributed by atoms with van der Waals surface area (Å²) in [4.78, 5) is 2.48. The van der Waals surface area contributed by atoms with E-state index in [2.05, 4.69) is 54.3 Å². The SMILES string of the molecule is COc1ccc(C2CN(Cc3ccccc3)CC2(C)C(O)c2ccccc2)cc1OC1CCCC1. The predicted octanol–water partition coefficient (Wildman–Crippen LogP) is 6.36. The van der Waals surface area contributed by atoms with Gasteiger partial charge in [-0.15, -0.1) is 0 Å². The Bertz CT molecular complexity index is 1100. The molecule has 3 aromatic carbocycles. The molecule has 3 atom stereocenters. The highest BCUT2D eigenvalue weighted by atomic mass is 16.5. The van der Waals surface area contributed by atoms with Crippen LogP contribution < -0.4 is 9.47 Å². The smallest absolute Gasteiger partial charge is 0.161 e. The Kier molecular flexibility index (Phi) is 7.12. The van der Waals surface area contributed by atoms with E-state index in [1.807, 2.05) is 36.4 Å². The molecule has 1 heterocycles. The summed E-state index contributed by atoms with van der Waals surface area (Å²) >= 11 is 0. The molecule has 1 saturated heterocycles. The number of methoxy groups -OCH3 is 1. The molecule has 0 amide bonds. The number of rotatable bonds is 8. The third kappa shape index (κ3) is 5.10. The van der Waals surface area contributed by atoms with Gasteiger partial charge in [0.15, 0.2) is 11.5 Å². The Labute approximate surface area is 209 Å². The topological polar surface area (TPSA) is 41.9 Å². The normalized spacial score (nSPS) is 23.9. The van der Waals surface area contributed by atoms with Crippen molar-refractivity contribution < 1.29 is 14.6 Å². The molecule has 0 radical (unpaired) electrons. The Morgan fingerprint density at radius 1 is 0.943 bits per heavy atom. The average Bonchev–Trinajstić information content (AvgIpc) is 3.52. The van der Waals surface area contributed by atoms with Gasteiger partial charge in [-0.3, -0.25) is 4.90 Å². The van der Waals surface area contributed by atoms with Crippen molar-refractivity contribution in [2.75, 3.05) is 20.2 Å². The first-order chi connectivity index (χ1) is 17.1. The summed E-state index contributed by atoms with van der Waals surface area (Å²) in [6.45, 7) is 4.80. The second-order valence-electron chi connectivity index (χ2n) is 10.5. The molecule has 0 aromatic heterocycles. The monoisotopic (exact) mass is 471 g/mol. The summed E-state index contributed by atoms with van der Waals surface area (Å²) in [6.07, 6.45) is 4.35. The van der Waals surface area contributed by atoms with E-state index >= 15 is 0 Å². The zero-order valence-corrected chi connectivity index (χ0v) is 20.9. The maximum Gasteiger partial charge on any atom is 0.161 e. The lowest BCUT2D eigenvalue weighted by atomic mass is 9.70. The number of aliphatic hydroxyl groups is 1. The number of benzene rings is 3. The number of likely N-dealkylation sites (tertiary alicyclic amines) is 1. The second-order valence-corrected chi connectivity index (χ2v) is 10.5. The van der Waals surface area contributed by atoms with Gasteiger partial charge in [0.2, 0.25) is 0 Å². The minimum atomic E-state index is -0.573. The van der Waals surface area contributed by atoms with Crippen molar-refractivity contribution in [3.63, 3.8) is 0 Å². The Hall–Kier alpha value is -2.82. The molecule has 4 heteroatoms. The molecule has 3 unspecified atom stereocenters. The second kappa shape index (κ2) is 10.4. The zero-order valence-electron chi connectivity index (χ0n) is 20.9. The van der Waals surface area contributed by atoms with Crippen LogP contribution in [0.1, 0.15) is 61.3 Å². The van der Waals surface area contributed by atoms with Gasteiger partial charge >= 0.3 is 0 Å². The highest BCUT2D eigenvalue weighted by Gasteiger charge is 2.49. The Morgan fingerprint density at radius 2 is 1.63 bits per heavy atom. The van der Waals surface area contributed by atoms with Crippen LogP contribution in [0.2, 0.25) is 0 Å². The molecule has 0 spiro atoms. The molecule has 0 bridgehead atoms. The third-order valence-corrected chi connectivity index (χ3v) is 7.98. The number of nitrogens with zero attached hydrogens (tertiary/aromatic N) is 1.